The molecule has 0 radical (unpaired) electrons. The van der Waals surface area contributed by atoms with Crippen molar-refractivity contribution in [2.45, 2.75) is 12.3 Å². The molecule has 1 aromatic carbocycles. The minimum absolute atomic E-state index is 0.0317. The van der Waals surface area contributed by atoms with E-state index in [2.05, 4.69) is 10.3 Å². The van der Waals surface area contributed by atoms with Crippen LogP contribution in [-0.2, 0) is 16.6 Å². The van der Waals surface area contributed by atoms with Gasteiger partial charge in [-0.1, -0.05) is 18.2 Å². The number of hydrogen-bond donors (Lipinski definition) is 2. The van der Waals surface area contributed by atoms with Crippen molar-refractivity contribution in [3.05, 3.63) is 66.1 Å². The summed E-state index contributed by atoms with van der Waals surface area (Å²) in [6.07, 6.45) is 0.0627. The van der Waals surface area contributed by atoms with E-state index in [0.717, 1.165) is 16.5 Å². The first-order valence-electron chi connectivity index (χ1n) is 11.5. The normalized spacial score (nSPS) is 20.8. The largest absolute Gasteiger partial charge is 0.490 e. The summed E-state index contributed by atoms with van der Waals surface area (Å²) in [6.45, 7) is 2.39. The molecule has 0 unspecified atom stereocenters. The van der Waals surface area contributed by atoms with Crippen LogP contribution in [0.5, 0.6) is 0 Å². The number of fused-ring (bicyclic) bond motifs is 2. The monoisotopic (exact) mass is 518 g/mol. The molecule has 2 fully saturated rings. The Hall–Kier alpha value is -3.93. The summed E-state index contributed by atoms with van der Waals surface area (Å²) in [5, 5.41) is 11.1. The van der Waals surface area contributed by atoms with Crippen molar-refractivity contribution < 1.29 is 37.4 Å². The van der Waals surface area contributed by atoms with Gasteiger partial charge in [0, 0.05) is 68.0 Å². The Bertz CT molecular complexity index is 1290. The second-order valence-electron chi connectivity index (χ2n) is 8.93. The first kappa shape index (κ1) is 26.1. The van der Waals surface area contributed by atoms with Gasteiger partial charge in [0.2, 0.25) is 0 Å². The number of nitrogens with zero attached hydrogens (tertiary/aromatic N) is 3. The van der Waals surface area contributed by atoms with Crippen LogP contribution in [0.15, 0.2) is 55.0 Å². The molecule has 2 aliphatic rings. The van der Waals surface area contributed by atoms with Crippen LogP contribution in [0.25, 0.3) is 10.9 Å². The molecule has 5 rings (SSSR count). The number of carboxylic acids is 1. The zero-order chi connectivity index (χ0) is 26.7. The fourth-order valence-corrected chi connectivity index (χ4v) is 4.68. The van der Waals surface area contributed by atoms with Gasteiger partial charge in [-0.15, -0.1) is 0 Å². The van der Waals surface area contributed by atoms with E-state index >= 15 is 0 Å². The number of carbonyl (C=O) groups is 3. The van der Waals surface area contributed by atoms with Crippen LogP contribution in [0.2, 0.25) is 0 Å². The third-order valence-electron chi connectivity index (χ3n) is 6.54. The molecule has 2 saturated heterocycles. The molecule has 2 aromatic heterocycles. The molecule has 0 aliphatic carbocycles. The number of benzene rings is 1. The van der Waals surface area contributed by atoms with Crippen LogP contribution in [0.3, 0.4) is 0 Å². The molecule has 37 heavy (non-hydrogen) atoms. The third-order valence-corrected chi connectivity index (χ3v) is 6.54. The van der Waals surface area contributed by atoms with Gasteiger partial charge in [0.15, 0.2) is 0 Å². The third kappa shape index (κ3) is 5.74. The van der Waals surface area contributed by atoms with Crippen molar-refractivity contribution in [3.63, 3.8) is 0 Å². The first-order valence-corrected chi connectivity index (χ1v) is 11.5. The van der Waals surface area contributed by atoms with Crippen molar-refractivity contribution in [2.75, 3.05) is 26.2 Å². The van der Waals surface area contributed by atoms with E-state index < -0.39 is 12.1 Å². The summed E-state index contributed by atoms with van der Waals surface area (Å²) in [7, 11) is 1.96. The fraction of sp³-hybridized carbons (Fsp3) is 0.360. The van der Waals surface area contributed by atoms with E-state index in [1.165, 1.54) is 0 Å². The summed E-state index contributed by atoms with van der Waals surface area (Å²) < 4.78 is 39.7. The number of rotatable bonds is 4. The number of aromatic nitrogens is 2. The SMILES string of the molecule is Cn1cc(C(=O)N2C[C@@H]3[C@@H](CNC(=O)c4cccnc4)CO[C@@H]3C2)c2ccccc21.O=C(O)C(F)(F)F. The van der Waals surface area contributed by atoms with E-state index in [0.29, 0.717) is 31.8 Å². The highest BCUT2D eigenvalue weighted by Crippen LogP contribution is 2.35. The van der Waals surface area contributed by atoms with Crippen LogP contribution in [-0.4, -0.2) is 75.9 Å². The molecule has 196 valence electrons. The molecule has 2 amide bonds. The van der Waals surface area contributed by atoms with Gasteiger partial charge in [-0.2, -0.15) is 13.2 Å². The van der Waals surface area contributed by atoms with Gasteiger partial charge in [0.1, 0.15) is 0 Å². The number of carbonyl (C=O) groups excluding carboxylic acids is 2. The molecule has 0 saturated carbocycles. The minimum Gasteiger partial charge on any atom is -0.475 e. The summed E-state index contributed by atoms with van der Waals surface area (Å²) in [5.74, 6) is -2.41. The number of likely N-dealkylation sites (tertiary alicyclic amines) is 1. The van der Waals surface area contributed by atoms with Gasteiger partial charge in [0.05, 0.1) is 23.8 Å². The Kier molecular flexibility index (Phi) is 7.48. The quantitative estimate of drug-likeness (QED) is 0.549. The van der Waals surface area contributed by atoms with Crippen molar-refractivity contribution in [1.29, 1.82) is 0 Å². The summed E-state index contributed by atoms with van der Waals surface area (Å²) in [5.41, 5.74) is 2.33. The maximum atomic E-state index is 13.2. The number of nitrogens with one attached hydrogen (secondary N) is 1. The average Bonchev–Trinajstić information content (AvgIpc) is 3.56. The Morgan fingerprint density at radius 2 is 1.89 bits per heavy atom. The zero-order valence-electron chi connectivity index (χ0n) is 19.8. The van der Waals surface area contributed by atoms with E-state index in [1.807, 2.05) is 47.0 Å². The van der Waals surface area contributed by atoms with E-state index in [-0.39, 0.29) is 29.8 Å². The van der Waals surface area contributed by atoms with Gasteiger partial charge < -0.3 is 24.6 Å². The second kappa shape index (κ2) is 10.6. The van der Waals surface area contributed by atoms with Gasteiger partial charge >= 0.3 is 12.1 Å². The number of ether oxygens (including phenoxy) is 1. The van der Waals surface area contributed by atoms with Crippen LogP contribution >= 0.6 is 0 Å². The van der Waals surface area contributed by atoms with Crippen LogP contribution in [0.1, 0.15) is 20.7 Å². The Morgan fingerprint density at radius 1 is 1.16 bits per heavy atom. The molecule has 0 bridgehead atoms. The highest BCUT2D eigenvalue weighted by atomic mass is 19.4. The predicted octanol–water partition coefficient (Wildman–Crippen LogP) is 2.72. The van der Waals surface area contributed by atoms with Crippen molar-refractivity contribution in [3.8, 4) is 0 Å². The molecule has 2 aliphatic heterocycles. The molecule has 12 heteroatoms. The molecule has 4 heterocycles. The van der Waals surface area contributed by atoms with E-state index in [9.17, 15) is 22.8 Å². The van der Waals surface area contributed by atoms with Crippen LogP contribution in [0, 0.1) is 11.8 Å². The Labute approximate surface area is 209 Å². The topological polar surface area (TPSA) is 114 Å². The minimum atomic E-state index is -5.08. The van der Waals surface area contributed by atoms with Gasteiger partial charge in [-0.3, -0.25) is 14.6 Å². The second-order valence-corrected chi connectivity index (χ2v) is 8.93. The van der Waals surface area contributed by atoms with Gasteiger partial charge in [-0.05, 0) is 18.2 Å². The highest BCUT2D eigenvalue weighted by molar-refractivity contribution is 6.07. The lowest BCUT2D eigenvalue weighted by atomic mass is 9.93. The van der Waals surface area contributed by atoms with Gasteiger partial charge in [0.25, 0.3) is 11.8 Å². The molecule has 0 spiro atoms. The molecular weight excluding hydrogens is 493 g/mol. The standard InChI is InChI=1S/C23H24N4O3.C2HF3O2/c1-26-11-19(17-6-2-3-7-20(17)26)23(29)27-12-18-16(14-30-21(18)13-27)10-25-22(28)15-5-4-8-24-9-15;3-2(4,5)1(6)7/h2-9,11,16,18,21H,10,12-14H2,1H3,(H,25,28);(H,6,7)/t16-,18+,21+;/m0./s1. The lowest BCUT2D eigenvalue weighted by Gasteiger charge is -2.20. The zero-order valence-corrected chi connectivity index (χ0v) is 19.8. The molecule has 2 N–H and O–H groups in total. The van der Waals surface area contributed by atoms with Gasteiger partial charge in [-0.25, -0.2) is 4.79 Å². The molecule has 9 nitrogen and oxygen atoms in total. The number of aryl methyl sites for hydroxylation is 1. The van der Waals surface area contributed by atoms with Crippen LogP contribution < -0.4 is 5.32 Å². The van der Waals surface area contributed by atoms with Crippen molar-refractivity contribution in [1.82, 2.24) is 19.8 Å². The predicted molar refractivity (Wildman–Crippen MR) is 126 cm³/mol. The van der Waals surface area contributed by atoms with Crippen LogP contribution in [0.4, 0.5) is 13.2 Å². The van der Waals surface area contributed by atoms with E-state index in [1.54, 1.807) is 24.5 Å². The summed E-state index contributed by atoms with van der Waals surface area (Å²) >= 11 is 0. The van der Waals surface area contributed by atoms with Crippen molar-refractivity contribution in [2.24, 2.45) is 18.9 Å². The molecular formula is C25H25F3N4O5. The summed E-state index contributed by atoms with van der Waals surface area (Å²) in [4.78, 5) is 40.3. The summed E-state index contributed by atoms with van der Waals surface area (Å²) in [6, 6.07) is 11.5. The highest BCUT2D eigenvalue weighted by Gasteiger charge is 2.45. The average molecular weight is 518 g/mol. The van der Waals surface area contributed by atoms with E-state index in [4.69, 9.17) is 14.6 Å². The Morgan fingerprint density at radius 3 is 2.57 bits per heavy atom. The molecule has 3 aromatic rings. The number of hydrogen-bond acceptors (Lipinski definition) is 5. The molecule has 3 atom stereocenters. The maximum Gasteiger partial charge on any atom is 0.490 e. The Balaban J connectivity index is 0.000000405. The fourth-order valence-electron chi connectivity index (χ4n) is 4.68. The lowest BCUT2D eigenvalue weighted by molar-refractivity contribution is -0.192. The number of amides is 2. The number of para-hydroxylation sites is 1. The number of halogens is 3. The lowest BCUT2D eigenvalue weighted by Crippen LogP contribution is -2.35. The maximum absolute atomic E-state index is 13.2. The number of aliphatic carboxylic acids is 1. The van der Waals surface area contributed by atoms with Crippen molar-refractivity contribution >= 4 is 28.7 Å². The number of carboxylic acid groups (broad SMARTS) is 1. The first-order chi connectivity index (χ1) is 17.6. The smallest absolute Gasteiger partial charge is 0.475 e. The number of pyridine rings is 1. The number of alkyl halides is 3.